The van der Waals surface area contributed by atoms with Crippen LogP contribution in [0.5, 0.6) is 0 Å². The van der Waals surface area contributed by atoms with E-state index in [1.165, 1.54) is 10.9 Å². The topological polar surface area (TPSA) is 34.2 Å². The number of aromatic nitrogens is 1. The van der Waals surface area contributed by atoms with E-state index in [-0.39, 0.29) is 17.6 Å². The molecule has 1 aromatic heterocycles. The molecule has 0 radical (unpaired) electrons. The molecule has 1 N–H and O–H groups in total. The van der Waals surface area contributed by atoms with E-state index in [1.54, 1.807) is 7.11 Å². The summed E-state index contributed by atoms with van der Waals surface area (Å²) in [6.07, 6.45) is 3.92. The van der Waals surface area contributed by atoms with Gasteiger partial charge in [0.05, 0.1) is 12.1 Å². The van der Waals surface area contributed by atoms with Gasteiger partial charge >= 0.3 is 0 Å². The molecule has 20 heavy (non-hydrogen) atoms. The Kier molecular flexibility index (Phi) is 4.41. The summed E-state index contributed by atoms with van der Waals surface area (Å²) in [5, 5.41) is 5.79. The summed E-state index contributed by atoms with van der Waals surface area (Å²) in [5.74, 6) is 0. The van der Waals surface area contributed by atoms with Crippen LogP contribution in [0.1, 0.15) is 32.4 Å². The molecule has 2 aromatic rings. The van der Waals surface area contributed by atoms with Crippen LogP contribution in [0, 0.1) is 5.41 Å². The molecule has 3 nitrogen and oxygen atoms in total. The predicted molar refractivity (Wildman–Crippen MR) is 83.8 cm³/mol. The van der Waals surface area contributed by atoms with Crippen molar-refractivity contribution in [2.24, 2.45) is 5.41 Å². The molecule has 0 saturated carbocycles. The van der Waals surface area contributed by atoms with E-state index in [0.29, 0.717) is 0 Å². The van der Waals surface area contributed by atoms with Crippen LogP contribution in [-0.4, -0.2) is 25.2 Å². The first-order chi connectivity index (χ1) is 9.49. The van der Waals surface area contributed by atoms with Crippen LogP contribution in [0.2, 0.25) is 0 Å². The Morgan fingerprint density at radius 3 is 2.45 bits per heavy atom. The number of benzene rings is 1. The zero-order chi connectivity index (χ0) is 14.8. The second-order valence-corrected chi connectivity index (χ2v) is 6.24. The van der Waals surface area contributed by atoms with Gasteiger partial charge in [-0.2, -0.15) is 0 Å². The Balaban J connectivity index is 2.54. The molecule has 3 heteroatoms. The molecule has 0 fully saturated rings. The zero-order valence-corrected chi connectivity index (χ0v) is 13.0. The number of rotatable bonds is 4. The van der Waals surface area contributed by atoms with E-state index < -0.39 is 0 Å². The van der Waals surface area contributed by atoms with Gasteiger partial charge < -0.3 is 10.1 Å². The number of nitrogens with one attached hydrogen (secondary N) is 1. The molecule has 0 aliphatic heterocycles. The minimum atomic E-state index is 0.0410. The highest BCUT2D eigenvalue weighted by Crippen LogP contribution is 2.34. The first-order valence-corrected chi connectivity index (χ1v) is 7.01. The molecule has 2 atom stereocenters. The summed E-state index contributed by atoms with van der Waals surface area (Å²) in [5.41, 5.74) is 1.23. The van der Waals surface area contributed by atoms with Gasteiger partial charge in [-0.1, -0.05) is 45.0 Å². The van der Waals surface area contributed by atoms with Crippen molar-refractivity contribution < 1.29 is 4.74 Å². The van der Waals surface area contributed by atoms with Gasteiger partial charge in [0, 0.05) is 24.9 Å². The molecule has 0 aliphatic carbocycles. The minimum absolute atomic E-state index is 0.0410. The Bertz CT molecular complexity index is 569. The van der Waals surface area contributed by atoms with Gasteiger partial charge in [-0.25, -0.2) is 0 Å². The summed E-state index contributed by atoms with van der Waals surface area (Å²) in [4.78, 5) is 4.38. The van der Waals surface area contributed by atoms with Crippen LogP contribution < -0.4 is 5.32 Å². The van der Waals surface area contributed by atoms with E-state index in [1.807, 2.05) is 25.5 Å². The van der Waals surface area contributed by atoms with Gasteiger partial charge in [0.25, 0.3) is 0 Å². The predicted octanol–water partition coefficient (Wildman–Crippen LogP) is 3.56. The molecule has 0 bridgehead atoms. The van der Waals surface area contributed by atoms with E-state index >= 15 is 0 Å². The van der Waals surface area contributed by atoms with E-state index in [9.17, 15) is 0 Å². The first-order valence-electron chi connectivity index (χ1n) is 7.01. The number of nitrogens with zero attached hydrogens (tertiary/aromatic N) is 1. The largest absolute Gasteiger partial charge is 0.379 e. The van der Waals surface area contributed by atoms with Gasteiger partial charge in [0.2, 0.25) is 0 Å². The summed E-state index contributed by atoms with van der Waals surface area (Å²) in [7, 11) is 3.75. The average Bonchev–Trinajstić information content (AvgIpc) is 2.42. The van der Waals surface area contributed by atoms with Crippen LogP contribution >= 0.6 is 0 Å². The molecule has 2 rings (SSSR count). The van der Waals surface area contributed by atoms with Crippen LogP contribution in [-0.2, 0) is 4.74 Å². The van der Waals surface area contributed by atoms with Crippen molar-refractivity contribution in [3.05, 3.63) is 42.2 Å². The van der Waals surface area contributed by atoms with Gasteiger partial charge in [0.1, 0.15) is 0 Å². The van der Waals surface area contributed by atoms with Crippen LogP contribution in [0.25, 0.3) is 10.8 Å². The second kappa shape index (κ2) is 5.90. The number of hydrogen-bond acceptors (Lipinski definition) is 3. The molecular formula is C17H24N2O. The normalized spacial score (nSPS) is 15.2. The maximum absolute atomic E-state index is 5.78. The molecule has 1 aromatic carbocycles. The van der Waals surface area contributed by atoms with Crippen molar-refractivity contribution in [1.82, 2.24) is 10.3 Å². The van der Waals surface area contributed by atoms with Crippen LogP contribution in [0.3, 0.4) is 0 Å². The fraction of sp³-hybridized carbons (Fsp3) is 0.471. The van der Waals surface area contributed by atoms with Gasteiger partial charge in [-0.3, -0.25) is 4.98 Å². The summed E-state index contributed by atoms with van der Waals surface area (Å²) < 4.78 is 5.78. The Morgan fingerprint density at radius 1 is 1.15 bits per heavy atom. The second-order valence-electron chi connectivity index (χ2n) is 6.24. The number of likely N-dealkylation sites (N-methyl/N-ethyl adjacent to an activating group) is 1. The van der Waals surface area contributed by atoms with Crippen molar-refractivity contribution >= 4 is 10.8 Å². The fourth-order valence-corrected chi connectivity index (χ4v) is 2.85. The lowest BCUT2D eigenvalue weighted by molar-refractivity contribution is -0.00987. The van der Waals surface area contributed by atoms with Crippen molar-refractivity contribution in [3.63, 3.8) is 0 Å². The van der Waals surface area contributed by atoms with Crippen molar-refractivity contribution in [1.29, 1.82) is 0 Å². The van der Waals surface area contributed by atoms with E-state index in [4.69, 9.17) is 4.74 Å². The number of pyridine rings is 1. The lowest BCUT2D eigenvalue weighted by Crippen LogP contribution is -2.40. The number of methoxy groups -OCH3 is 1. The highest BCUT2D eigenvalue weighted by Gasteiger charge is 2.33. The molecule has 0 spiro atoms. The van der Waals surface area contributed by atoms with Crippen molar-refractivity contribution in [3.8, 4) is 0 Å². The molecule has 1 heterocycles. The standard InChI is InChI=1S/C17H24N2O/c1-17(2,3)16(20-5)15(18-4)14-11-19-10-12-8-6-7-9-13(12)14/h6-11,15-16,18H,1-5H3. The molecule has 0 amide bonds. The summed E-state index contributed by atoms with van der Waals surface area (Å²) in [6.45, 7) is 6.60. The van der Waals surface area contributed by atoms with E-state index in [2.05, 4.69) is 49.3 Å². The van der Waals surface area contributed by atoms with Gasteiger partial charge in [0.15, 0.2) is 0 Å². The zero-order valence-electron chi connectivity index (χ0n) is 13.0. The molecule has 108 valence electrons. The Morgan fingerprint density at radius 2 is 1.85 bits per heavy atom. The van der Waals surface area contributed by atoms with Crippen LogP contribution in [0.15, 0.2) is 36.7 Å². The van der Waals surface area contributed by atoms with Crippen LogP contribution in [0.4, 0.5) is 0 Å². The SMILES string of the molecule is CNC(c1cncc2ccccc12)C(OC)C(C)(C)C. The number of fused-ring (bicyclic) bond motifs is 1. The lowest BCUT2D eigenvalue weighted by atomic mass is 9.81. The minimum Gasteiger partial charge on any atom is -0.379 e. The van der Waals surface area contributed by atoms with E-state index in [0.717, 1.165) is 5.39 Å². The number of ether oxygens (including phenoxy) is 1. The average molecular weight is 272 g/mol. The maximum Gasteiger partial charge on any atom is 0.0814 e. The fourth-order valence-electron chi connectivity index (χ4n) is 2.85. The Hall–Kier alpha value is -1.45. The highest BCUT2D eigenvalue weighted by atomic mass is 16.5. The maximum atomic E-state index is 5.78. The first kappa shape index (κ1) is 14.9. The third-order valence-corrected chi connectivity index (χ3v) is 3.76. The Labute approximate surface area is 121 Å². The molecule has 2 unspecified atom stereocenters. The number of hydrogen-bond donors (Lipinski definition) is 1. The van der Waals surface area contributed by atoms with Crippen molar-refractivity contribution in [2.45, 2.75) is 32.9 Å². The summed E-state index contributed by atoms with van der Waals surface area (Å²) >= 11 is 0. The molecular weight excluding hydrogens is 248 g/mol. The molecule has 0 aliphatic rings. The van der Waals surface area contributed by atoms with Gasteiger partial charge in [-0.15, -0.1) is 0 Å². The third-order valence-electron chi connectivity index (χ3n) is 3.76. The molecule has 0 saturated heterocycles. The highest BCUT2D eigenvalue weighted by molar-refractivity contribution is 5.85. The smallest absolute Gasteiger partial charge is 0.0814 e. The van der Waals surface area contributed by atoms with Crippen molar-refractivity contribution in [2.75, 3.05) is 14.2 Å². The quantitative estimate of drug-likeness (QED) is 0.924. The lowest BCUT2D eigenvalue weighted by Gasteiger charge is -2.36. The summed E-state index contributed by atoms with van der Waals surface area (Å²) in [6, 6.07) is 8.46. The monoisotopic (exact) mass is 272 g/mol. The third kappa shape index (κ3) is 2.84. The van der Waals surface area contributed by atoms with Gasteiger partial charge in [-0.05, 0) is 23.4 Å².